The van der Waals surface area contributed by atoms with Crippen molar-refractivity contribution in [1.82, 2.24) is 15.5 Å². The molecule has 2 aliphatic heterocycles. The molecule has 0 radical (unpaired) electrons. The van der Waals surface area contributed by atoms with E-state index in [-0.39, 0.29) is 41.5 Å². The lowest BCUT2D eigenvalue weighted by molar-refractivity contribution is 0.263. The number of nitrogens with zero attached hydrogens (tertiary/aromatic N) is 2. The largest absolute Gasteiger partial charge is 0.357 e. The van der Waals surface area contributed by atoms with Gasteiger partial charge in [0.1, 0.15) is 0 Å². The maximum absolute atomic E-state index is 11.6. The zero-order valence-corrected chi connectivity index (χ0v) is 18.5. The average Bonchev–Trinajstić information content (AvgIpc) is 3.13. The molecule has 25 heavy (non-hydrogen) atoms. The summed E-state index contributed by atoms with van der Waals surface area (Å²) in [5.41, 5.74) is 1.46. The fourth-order valence-electron chi connectivity index (χ4n) is 3.22. The minimum atomic E-state index is -2.87. The van der Waals surface area contributed by atoms with Crippen molar-refractivity contribution < 1.29 is 8.42 Å². The van der Waals surface area contributed by atoms with Gasteiger partial charge in [0, 0.05) is 37.1 Å². The molecule has 0 aliphatic carbocycles. The molecule has 0 spiro atoms. The molecule has 1 unspecified atom stereocenters. The molecule has 1 saturated heterocycles. The van der Waals surface area contributed by atoms with Crippen molar-refractivity contribution in [2.45, 2.75) is 32.4 Å². The monoisotopic (exact) mass is 498 g/mol. The molecule has 1 fully saturated rings. The summed E-state index contributed by atoms with van der Waals surface area (Å²) in [6.07, 6.45) is 1.80. The van der Waals surface area contributed by atoms with Crippen LogP contribution >= 0.6 is 35.3 Å². The van der Waals surface area contributed by atoms with Gasteiger partial charge < -0.3 is 10.6 Å². The van der Waals surface area contributed by atoms with Gasteiger partial charge in [-0.1, -0.05) is 0 Å². The van der Waals surface area contributed by atoms with E-state index >= 15 is 0 Å². The molecule has 0 aromatic carbocycles. The van der Waals surface area contributed by atoms with Gasteiger partial charge in [-0.2, -0.15) is 0 Å². The van der Waals surface area contributed by atoms with E-state index in [1.54, 1.807) is 0 Å². The maximum Gasteiger partial charge on any atom is 0.191 e. The molecule has 3 heterocycles. The van der Waals surface area contributed by atoms with Gasteiger partial charge in [-0.15, -0.1) is 35.3 Å². The van der Waals surface area contributed by atoms with Crippen LogP contribution in [0.25, 0.3) is 0 Å². The van der Waals surface area contributed by atoms with Gasteiger partial charge in [-0.25, -0.2) is 8.42 Å². The van der Waals surface area contributed by atoms with E-state index in [0.717, 1.165) is 38.6 Å². The van der Waals surface area contributed by atoms with Crippen molar-refractivity contribution in [3.8, 4) is 0 Å². The Labute approximate surface area is 171 Å². The average molecular weight is 498 g/mol. The normalized spacial score (nSPS) is 22.9. The van der Waals surface area contributed by atoms with E-state index in [2.05, 4.69) is 32.0 Å². The quantitative estimate of drug-likeness (QED) is 0.366. The van der Waals surface area contributed by atoms with Gasteiger partial charge in [0.25, 0.3) is 0 Å². The Hall–Kier alpha value is -0.390. The second kappa shape index (κ2) is 9.52. The van der Waals surface area contributed by atoms with E-state index in [1.807, 2.05) is 18.3 Å². The first-order chi connectivity index (χ1) is 11.6. The molecule has 2 aliphatic rings. The zero-order chi connectivity index (χ0) is 17.0. The van der Waals surface area contributed by atoms with Crippen molar-refractivity contribution in [1.29, 1.82) is 0 Å². The number of sulfone groups is 1. The minimum absolute atomic E-state index is 0. The molecule has 0 saturated carbocycles. The third kappa shape index (κ3) is 6.07. The highest BCUT2D eigenvalue weighted by Crippen LogP contribution is 2.23. The Balaban J connectivity index is 0.00000225. The number of rotatable bonds is 5. The third-order valence-electron chi connectivity index (χ3n) is 4.49. The lowest BCUT2D eigenvalue weighted by atomic mass is 10.1. The van der Waals surface area contributed by atoms with E-state index in [0.29, 0.717) is 13.0 Å². The summed E-state index contributed by atoms with van der Waals surface area (Å²) < 4.78 is 23.1. The third-order valence-corrected chi connectivity index (χ3v) is 7.28. The first-order valence-corrected chi connectivity index (χ1v) is 11.3. The Bertz CT molecular complexity index is 690. The van der Waals surface area contributed by atoms with Crippen LogP contribution in [0.5, 0.6) is 0 Å². The summed E-state index contributed by atoms with van der Waals surface area (Å²) in [5.74, 6) is 1.22. The summed E-state index contributed by atoms with van der Waals surface area (Å²) in [4.78, 5) is 8.58. The highest BCUT2D eigenvalue weighted by molar-refractivity contribution is 14.0. The number of nitrogens with one attached hydrogen (secondary N) is 2. The van der Waals surface area contributed by atoms with Crippen molar-refractivity contribution in [3.05, 3.63) is 21.9 Å². The maximum atomic E-state index is 11.6. The molecule has 142 valence electrons. The van der Waals surface area contributed by atoms with E-state index in [9.17, 15) is 8.42 Å². The summed E-state index contributed by atoms with van der Waals surface area (Å²) >= 11 is 1.86. The summed E-state index contributed by atoms with van der Waals surface area (Å²) in [6.45, 7) is 6.54. The molecular formula is C16H27IN4O2S2. The Kier molecular flexibility index (Phi) is 7.96. The van der Waals surface area contributed by atoms with Gasteiger partial charge in [0.2, 0.25) is 0 Å². The Morgan fingerprint density at radius 1 is 1.48 bits per heavy atom. The Morgan fingerprint density at radius 2 is 2.32 bits per heavy atom. The molecule has 0 amide bonds. The van der Waals surface area contributed by atoms with Crippen LogP contribution in [0.1, 0.15) is 23.8 Å². The van der Waals surface area contributed by atoms with Crippen LogP contribution in [-0.4, -0.2) is 63.0 Å². The summed E-state index contributed by atoms with van der Waals surface area (Å²) in [5, 5.41) is 8.65. The van der Waals surface area contributed by atoms with Crippen LogP contribution < -0.4 is 10.6 Å². The first kappa shape index (κ1) is 20.9. The fourth-order valence-corrected chi connectivity index (χ4v) is 5.79. The molecule has 2 N–H and O–H groups in total. The van der Waals surface area contributed by atoms with E-state index in [4.69, 9.17) is 0 Å². The van der Waals surface area contributed by atoms with Crippen molar-refractivity contribution in [2.75, 3.05) is 37.7 Å². The van der Waals surface area contributed by atoms with Crippen LogP contribution in [0, 0.1) is 0 Å². The lowest BCUT2D eigenvalue weighted by Gasteiger charge is -2.26. The number of fused-ring (bicyclic) bond motifs is 1. The number of aliphatic imine (C=N–C) groups is 1. The van der Waals surface area contributed by atoms with Crippen molar-refractivity contribution in [2.24, 2.45) is 4.99 Å². The number of guanidine groups is 1. The molecule has 1 aromatic heterocycles. The van der Waals surface area contributed by atoms with Crippen LogP contribution in [0.15, 0.2) is 16.4 Å². The number of halogens is 1. The lowest BCUT2D eigenvalue weighted by Crippen LogP contribution is -2.44. The molecule has 0 bridgehead atoms. The topological polar surface area (TPSA) is 73.8 Å². The predicted molar refractivity (Wildman–Crippen MR) is 115 cm³/mol. The standard InChI is InChI=1S/C16H26N4O2S2.HI/c1-2-17-16(19-14-5-10-24(21,22)12-14)18-6-8-20-7-3-15-13(11-20)4-9-23-15;/h4,9,14H,2-3,5-8,10-12H2,1H3,(H2,17,18,19);1H. The van der Waals surface area contributed by atoms with Crippen molar-refractivity contribution >= 4 is 51.1 Å². The summed E-state index contributed by atoms with van der Waals surface area (Å²) in [6, 6.07) is 2.21. The number of hydrogen-bond donors (Lipinski definition) is 2. The van der Waals surface area contributed by atoms with Gasteiger partial charge >= 0.3 is 0 Å². The van der Waals surface area contributed by atoms with Crippen LogP contribution in [0.2, 0.25) is 0 Å². The molecule has 3 rings (SSSR count). The van der Waals surface area contributed by atoms with Gasteiger partial charge in [0.15, 0.2) is 15.8 Å². The van der Waals surface area contributed by atoms with Gasteiger partial charge in [0.05, 0.1) is 18.1 Å². The highest BCUT2D eigenvalue weighted by Gasteiger charge is 2.28. The molecule has 1 atom stereocenters. The number of hydrogen-bond acceptors (Lipinski definition) is 5. The minimum Gasteiger partial charge on any atom is -0.357 e. The fraction of sp³-hybridized carbons (Fsp3) is 0.688. The van der Waals surface area contributed by atoms with Crippen molar-refractivity contribution in [3.63, 3.8) is 0 Å². The highest BCUT2D eigenvalue weighted by atomic mass is 127. The van der Waals surface area contributed by atoms with E-state index < -0.39 is 9.84 Å². The van der Waals surface area contributed by atoms with Crippen LogP contribution in [0.3, 0.4) is 0 Å². The van der Waals surface area contributed by atoms with Crippen LogP contribution in [-0.2, 0) is 22.8 Å². The van der Waals surface area contributed by atoms with Crippen LogP contribution in [0.4, 0.5) is 0 Å². The zero-order valence-electron chi connectivity index (χ0n) is 14.5. The smallest absolute Gasteiger partial charge is 0.191 e. The van der Waals surface area contributed by atoms with Gasteiger partial charge in [-0.3, -0.25) is 9.89 Å². The number of thiophene rings is 1. The summed E-state index contributed by atoms with van der Waals surface area (Å²) in [7, 11) is -2.87. The van der Waals surface area contributed by atoms with E-state index in [1.165, 1.54) is 10.4 Å². The molecule has 6 nitrogen and oxygen atoms in total. The molecule has 1 aromatic rings. The second-order valence-electron chi connectivity index (χ2n) is 6.40. The second-order valence-corrected chi connectivity index (χ2v) is 9.63. The van der Waals surface area contributed by atoms with Gasteiger partial charge in [-0.05, 0) is 36.8 Å². The molecule has 9 heteroatoms. The first-order valence-electron chi connectivity index (χ1n) is 8.58. The SMILES string of the molecule is CCNC(=NCCN1CCc2sccc2C1)NC1CCS(=O)(=O)C1.I. The Morgan fingerprint density at radius 3 is 3.04 bits per heavy atom. The predicted octanol–water partition coefficient (Wildman–Crippen LogP) is 1.47. The molecular weight excluding hydrogens is 471 g/mol.